The van der Waals surface area contributed by atoms with Gasteiger partial charge in [0.2, 0.25) is 0 Å². The third-order valence-electron chi connectivity index (χ3n) is 6.16. The second kappa shape index (κ2) is 8.68. The van der Waals surface area contributed by atoms with E-state index in [4.69, 9.17) is 4.52 Å². The third-order valence-corrected chi connectivity index (χ3v) is 6.16. The molecule has 0 bridgehead atoms. The van der Waals surface area contributed by atoms with Gasteiger partial charge in [-0.1, -0.05) is 35.0 Å². The van der Waals surface area contributed by atoms with Crippen LogP contribution < -0.4 is 4.90 Å². The topological polar surface area (TPSA) is 75.4 Å². The van der Waals surface area contributed by atoms with Gasteiger partial charge in [-0.25, -0.2) is 9.97 Å². The van der Waals surface area contributed by atoms with Crippen molar-refractivity contribution in [3.05, 3.63) is 71.0 Å². The third kappa shape index (κ3) is 4.43. The van der Waals surface area contributed by atoms with Crippen molar-refractivity contribution in [3.63, 3.8) is 0 Å². The van der Waals surface area contributed by atoms with Crippen LogP contribution in [0.25, 0.3) is 22.4 Å². The standard InChI is InChI=1S/C25H22F3N5O2/c1-15-3-5-17(6-4-15)20-13-19(22-16(2)31-35-23(22)30-20)24(34)33-11-9-32(10-12-33)21-8-7-18(14-29-21)25(26,27)28/h3-8,13-14H,9-12H2,1-2H3. The van der Waals surface area contributed by atoms with Crippen LogP contribution in [0.1, 0.15) is 27.2 Å². The Bertz CT molecular complexity index is 1370. The van der Waals surface area contributed by atoms with E-state index in [0.717, 1.165) is 23.4 Å². The summed E-state index contributed by atoms with van der Waals surface area (Å²) in [4.78, 5) is 25.7. The van der Waals surface area contributed by atoms with E-state index in [2.05, 4.69) is 15.1 Å². The van der Waals surface area contributed by atoms with E-state index in [1.807, 2.05) is 36.1 Å². The Labute approximate surface area is 199 Å². The summed E-state index contributed by atoms with van der Waals surface area (Å²) in [6.45, 7) is 5.46. The number of pyridine rings is 2. The zero-order valence-electron chi connectivity index (χ0n) is 19.1. The maximum atomic E-state index is 13.6. The number of aryl methyl sites for hydroxylation is 2. The SMILES string of the molecule is Cc1ccc(-c2cc(C(=O)N3CCN(c4ccc(C(F)(F)F)cn4)CC3)c3c(C)noc3n2)cc1. The fourth-order valence-corrected chi connectivity index (χ4v) is 4.19. The Kier molecular flexibility index (Phi) is 5.66. The lowest BCUT2D eigenvalue weighted by Crippen LogP contribution is -2.49. The second-order valence-corrected chi connectivity index (χ2v) is 8.55. The first kappa shape index (κ1) is 22.8. The van der Waals surface area contributed by atoms with Crippen molar-refractivity contribution in [2.24, 2.45) is 0 Å². The number of carbonyl (C=O) groups excluding carboxylic acids is 1. The van der Waals surface area contributed by atoms with Crippen LogP contribution in [-0.2, 0) is 6.18 Å². The Morgan fingerprint density at radius 1 is 1.00 bits per heavy atom. The number of halogens is 3. The summed E-state index contributed by atoms with van der Waals surface area (Å²) < 4.78 is 43.9. The molecule has 1 aromatic carbocycles. The fraction of sp³-hybridized carbons (Fsp3) is 0.280. The quantitative estimate of drug-likeness (QED) is 0.415. The molecular weight excluding hydrogens is 459 g/mol. The number of fused-ring (bicyclic) bond motifs is 1. The van der Waals surface area contributed by atoms with Crippen LogP contribution in [-0.4, -0.2) is 52.1 Å². The van der Waals surface area contributed by atoms with Gasteiger partial charge >= 0.3 is 6.18 Å². The molecule has 3 aromatic heterocycles. The highest BCUT2D eigenvalue weighted by molar-refractivity contribution is 6.07. The molecule has 0 spiro atoms. The van der Waals surface area contributed by atoms with E-state index >= 15 is 0 Å². The van der Waals surface area contributed by atoms with Crippen molar-refractivity contribution >= 4 is 22.8 Å². The number of aromatic nitrogens is 3. The number of nitrogens with zero attached hydrogens (tertiary/aromatic N) is 5. The molecule has 1 aliphatic heterocycles. The Morgan fingerprint density at radius 3 is 2.34 bits per heavy atom. The number of anilines is 1. The van der Waals surface area contributed by atoms with Gasteiger partial charge in [0, 0.05) is 37.9 Å². The summed E-state index contributed by atoms with van der Waals surface area (Å²) >= 11 is 0. The highest BCUT2D eigenvalue weighted by Gasteiger charge is 2.31. The average molecular weight is 481 g/mol. The molecule has 35 heavy (non-hydrogen) atoms. The minimum Gasteiger partial charge on any atom is -0.353 e. The van der Waals surface area contributed by atoms with Gasteiger partial charge in [0.05, 0.1) is 27.9 Å². The molecule has 0 aliphatic carbocycles. The fourth-order valence-electron chi connectivity index (χ4n) is 4.19. The number of benzene rings is 1. The summed E-state index contributed by atoms with van der Waals surface area (Å²) in [6.07, 6.45) is -3.59. The highest BCUT2D eigenvalue weighted by atomic mass is 19.4. The summed E-state index contributed by atoms with van der Waals surface area (Å²) in [5.41, 5.74) is 3.15. The van der Waals surface area contributed by atoms with E-state index in [1.165, 1.54) is 6.07 Å². The van der Waals surface area contributed by atoms with Gasteiger partial charge in [-0.15, -0.1) is 0 Å². The highest BCUT2D eigenvalue weighted by Crippen LogP contribution is 2.30. The number of rotatable bonds is 3. The first-order chi connectivity index (χ1) is 16.7. The number of amides is 1. The van der Waals surface area contributed by atoms with Crippen molar-refractivity contribution in [3.8, 4) is 11.3 Å². The lowest BCUT2D eigenvalue weighted by Gasteiger charge is -2.35. The first-order valence-electron chi connectivity index (χ1n) is 11.1. The summed E-state index contributed by atoms with van der Waals surface area (Å²) in [5.74, 6) is 0.282. The maximum Gasteiger partial charge on any atom is 0.417 e. The van der Waals surface area contributed by atoms with Gasteiger partial charge in [-0.05, 0) is 32.0 Å². The summed E-state index contributed by atoms with van der Waals surface area (Å²) in [7, 11) is 0. The Morgan fingerprint density at radius 2 is 1.71 bits per heavy atom. The van der Waals surface area contributed by atoms with Crippen molar-refractivity contribution in [1.29, 1.82) is 0 Å². The minimum absolute atomic E-state index is 0.169. The zero-order valence-corrected chi connectivity index (χ0v) is 19.1. The molecule has 4 heterocycles. The van der Waals surface area contributed by atoms with E-state index in [0.29, 0.717) is 60.0 Å². The molecule has 1 saturated heterocycles. The number of carbonyl (C=O) groups is 1. The molecule has 1 amide bonds. The number of hydrogen-bond donors (Lipinski definition) is 0. The molecule has 0 unspecified atom stereocenters. The minimum atomic E-state index is -4.43. The Hall–Kier alpha value is -3.95. The predicted molar refractivity (Wildman–Crippen MR) is 124 cm³/mol. The van der Waals surface area contributed by atoms with Crippen molar-refractivity contribution in [1.82, 2.24) is 20.0 Å². The first-order valence-corrected chi connectivity index (χ1v) is 11.1. The molecule has 1 aliphatic rings. The van der Waals surface area contributed by atoms with Gasteiger partial charge in [0.1, 0.15) is 5.82 Å². The molecule has 0 N–H and O–H groups in total. The number of piperazine rings is 1. The van der Waals surface area contributed by atoms with E-state index in [1.54, 1.807) is 17.9 Å². The van der Waals surface area contributed by atoms with Crippen LogP contribution in [0, 0.1) is 13.8 Å². The van der Waals surface area contributed by atoms with Crippen LogP contribution in [0.4, 0.5) is 19.0 Å². The largest absolute Gasteiger partial charge is 0.417 e. The molecule has 4 aromatic rings. The van der Waals surface area contributed by atoms with Crippen LogP contribution in [0.3, 0.4) is 0 Å². The van der Waals surface area contributed by atoms with Crippen LogP contribution in [0.15, 0.2) is 53.2 Å². The van der Waals surface area contributed by atoms with Gasteiger partial charge in [-0.3, -0.25) is 4.79 Å². The van der Waals surface area contributed by atoms with Crippen molar-refractivity contribution < 1.29 is 22.5 Å². The average Bonchev–Trinajstić information content (AvgIpc) is 3.24. The molecule has 180 valence electrons. The zero-order chi connectivity index (χ0) is 24.7. The monoisotopic (exact) mass is 481 g/mol. The predicted octanol–water partition coefficient (Wildman–Crippen LogP) is 4.88. The lowest BCUT2D eigenvalue weighted by molar-refractivity contribution is -0.137. The molecular formula is C25H22F3N5O2. The smallest absolute Gasteiger partial charge is 0.353 e. The normalized spacial score (nSPS) is 14.5. The van der Waals surface area contributed by atoms with E-state index < -0.39 is 11.7 Å². The summed E-state index contributed by atoms with van der Waals surface area (Å²) in [5, 5.41) is 4.59. The molecule has 0 saturated carbocycles. The second-order valence-electron chi connectivity index (χ2n) is 8.55. The molecule has 7 nitrogen and oxygen atoms in total. The molecule has 1 fully saturated rings. The van der Waals surface area contributed by atoms with Gasteiger partial charge in [0.25, 0.3) is 11.6 Å². The van der Waals surface area contributed by atoms with E-state index in [9.17, 15) is 18.0 Å². The van der Waals surface area contributed by atoms with Crippen LogP contribution in [0.5, 0.6) is 0 Å². The molecule has 0 radical (unpaired) electrons. The lowest BCUT2D eigenvalue weighted by atomic mass is 10.0. The van der Waals surface area contributed by atoms with Gasteiger partial charge in [-0.2, -0.15) is 13.2 Å². The summed E-state index contributed by atoms with van der Waals surface area (Å²) in [6, 6.07) is 12.0. The van der Waals surface area contributed by atoms with Crippen LogP contribution >= 0.6 is 0 Å². The van der Waals surface area contributed by atoms with Gasteiger partial charge in [0.15, 0.2) is 0 Å². The maximum absolute atomic E-state index is 13.6. The van der Waals surface area contributed by atoms with E-state index in [-0.39, 0.29) is 5.91 Å². The Balaban J connectivity index is 1.38. The molecule has 10 heteroatoms. The van der Waals surface area contributed by atoms with Crippen LogP contribution in [0.2, 0.25) is 0 Å². The number of alkyl halides is 3. The van der Waals surface area contributed by atoms with Gasteiger partial charge < -0.3 is 14.3 Å². The number of hydrogen-bond acceptors (Lipinski definition) is 6. The van der Waals surface area contributed by atoms with Crippen molar-refractivity contribution in [2.45, 2.75) is 20.0 Å². The van der Waals surface area contributed by atoms with Crippen molar-refractivity contribution in [2.75, 3.05) is 31.1 Å². The molecule has 5 rings (SSSR count). The molecule has 0 atom stereocenters.